The molecule has 186 valence electrons. The summed E-state index contributed by atoms with van der Waals surface area (Å²) in [5.41, 5.74) is 1.73. The Morgan fingerprint density at radius 2 is 2.06 bits per heavy atom. The maximum Gasteiger partial charge on any atom is 0.350 e. The fourth-order valence-corrected chi connectivity index (χ4v) is 4.36. The molecular formula is C24H30N6O5. The summed E-state index contributed by atoms with van der Waals surface area (Å²) in [7, 11) is 1.54. The molecule has 3 aromatic heterocycles. The van der Waals surface area contributed by atoms with Crippen LogP contribution < -0.4 is 15.7 Å². The van der Waals surface area contributed by atoms with Crippen molar-refractivity contribution >= 4 is 22.8 Å². The van der Waals surface area contributed by atoms with E-state index < -0.39 is 17.6 Å². The SMILES string of the molecule is CCCOCCn1c(=O)nc(N[C@@H]2CCCC[C@@H]2C(=O)O)c2nnc(-c3ccc(OC)nc3)cc21. The fourth-order valence-electron chi connectivity index (χ4n) is 4.36. The fraction of sp³-hybridized carbons (Fsp3) is 0.500. The lowest BCUT2D eigenvalue weighted by Crippen LogP contribution is -2.38. The molecule has 4 rings (SSSR count). The summed E-state index contributed by atoms with van der Waals surface area (Å²) < 4.78 is 12.2. The van der Waals surface area contributed by atoms with Gasteiger partial charge >= 0.3 is 11.7 Å². The van der Waals surface area contributed by atoms with Crippen molar-refractivity contribution in [1.82, 2.24) is 24.7 Å². The summed E-state index contributed by atoms with van der Waals surface area (Å²) in [5, 5.41) is 21.6. The van der Waals surface area contributed by atoms with Crippen LogP contribution in [0, 0.1) is 5.92 Å². The molecule has 0 saturated heterocycles. The Kier molecular flexibility index (Phi) is 7.86. The molecule has 1 saturated carbocycles. The van der Waals surface area contributed by atoms with Crippen molar-refractivity contribution in [1.29, 1.82) is 0 Å². The third-order valence-corrected chi connectivity index (χ3v) is 6.18. The topological polar surface area (TPSA) is 141 Å². The number of carbonyl (C=O) groups is 1. The monoisotopic (exact) mass is 482 g/mol. The number of anilines is 1. The zero-order chi connectivity index (χ0) is 24.8. The highest BCUT2D eigenvalue weighted by Crippen LogP contribution is 2.29. The number of methoxy groups -OCH3 is 1. The van der Waals surface area contributed by atoms with E-state index in [0.717, 1.165) is 19.3 Å². The van der Waals surface area contributed by atoms with Crippen LogP contribution in [0.4, 0.5) is 5.82 Å². The van der Waals surface area contributed by atoms with Crippen LogP contribution in [0.5, 0.6) is 5.88 Å². The van der Waals surface area contributed by atoms with E-state index in [0.29, 0.717) is 60.8 Å². The maximum atomic E-state index is 13.1. The van der Waals surface area contributed by atoms with Crippen LogP contribution in [0.25, 0.3) is 22.3 Å². The first-order valence-corrected chi connectivity index (χ1v) is 11.9. The first-order chi connectivity index (χ1) is 17.0. The molecular weight excluding hydrogens is 452 g/mol. The smallest absolute Gasteiger partial charge is 0.350 e. The van der Waals surface area contributed by atoms with Gasteiger partial charge in [0.05, 0.1) is 37.4 Å². The van der Waals surface area contributed by atoms with Crippen LogP contribution in [0.2, 0.25) is 0 Å². The lowest BCUT2D eigenvalue weighted by atomic mass is 9.84. The molecule has 3 aromatic rings. The average Bonchev–Trinajstić information content (AvgIpc) is 2.88. The highest BCUT2D eigenvalue weighted by molar-refractivity contribution is 5.87. The van der Waals surface area contributed by atoms with Gasteiger partial charge in [-0.25, -0.2) is 9.78 Å². The second kappa shape index (κ2) is 11.2. The Morgan fingerprint density at radius 1 is 1.23 bits per heavy atom. The van der Waals surface area contributed by atoms with Crippen LogP contribution in [0.15, 0.2) is 29.2 Å². The molecule has 0 spiro atoms. The quantitative estimate of drug-likeness (QED) is 0.414. The van der Waals surface area contributed by atoms with E-state index in [1.807, 2.05) is 13.0 Å². The molecule has 0 bridgehead atoms. The second-order valence-corrected chi connectivity index (χ2v) is 8.54. The van der Waals surface area contributed by atoms with E-state index >= 15 is 0 Å². The molecule has 0 aromatic carbocycles. The van der Waals surface area contributed by atoms with Gasteiger partial charge in [-0.3, -0.25) is 9.36 Å². The van der Waals surface area contributed by atoms with E-state index in [4.69, 9.17) is 9.47 Å². The number of hydrogen-bond acceptors (Lipinski definition) is 9. The third kappa shape index (κ3) is 5.56. The number of carboxylic acid groups (broad SMARTS) is 1. The predicted molar refractivity (Wildman–Crippen MR) is 129 cm³/mol. The Hall–Kier alpha value is -3.60. The summed E-state index contributed by atoms with van der Waals surface area (Å²) >= 11 is 0. The van der Waals surface area contributed by atoms with Crippen LogP contribution in [-0.2, 0) is 16.1 Å². The summed E-state index contributed by atoms with van der Waals surface area (Å²) in [6.45, 7) is 3.27. The van der Waals surface area contributed by atoms with E-state index in [-0.39, 0.29) is 11.9 Å². The van der Waals surface area contributed by atoms with Gasteiger partial charge in [-0.15, -0.1) is 10.2 Å². The molecule has 0 amide bonds. The van der Waals surface area contributed by atoms with Crippen molar-refractivity contribution in [3.05, 3.63) is 34.9 Å². The van der Waals surface area contributed by atoms with Crippen molar-refractivity contribution in [2.45, 2.75) is 51.6 Å². The Morgan fingerprint density at radius 3 is 2.77 bits per heavy atom. The normalized spacial score (nSPS) is 17.9. The second-order valence-electron chi connectivity index (χ2n) is 8.54. The summed E-state index contributed by atoms with van der Waals surface area (Å²) in [5.74, 6) is -0.680. The van der Waals surface area contributed by atoms with E-state index in [9.17, 15) is 14.7 Å². The minimum absolute atomic E-state index is 0.251. The number of carboxylic acids is 1. The van der Waals surface area contributed by atoms with Gasteiger partial charge in [-0.2, -0.15) is 4.98 Å². The van der Waals surface area contributed by atoms with Crippen LogP contribution >= 0.6 is 0 Å². The number of nitrogens with one attached hydrogen (secondary N) is 1. The molecule has 0 aliphatic heterocycles. The van der Waals surface area contributed by atoms with E-state index in [2.05, 4.69) is 25.5 Å². The largest absolute Gasteiger partial charge is 0.481 e. The van der Waals surface area contributed by atoms with Gasteiger partial charge in [0.25, 0.3) is 0 Å². The Balaban J connectivity index is 1.76. The Labute approximate surface area is 202 Å². The van der Waals surface area contributed by atoms with Gasteiger partial charge in [0.15, 0.2) is 11.3 Å². The van der Waals surface area contributed by atoms with Gasteiger partial charge < -0.3 is 19.9 Å². The molecule has 2 N–H and O–H groups in total. The number of nitrogens with zero attached hydrogens (tertiary/aromatic N) is 5. The number of ether oxygens (including phenoxy) is 2. The van der Waals surface area contributed by atoms with Gasteiger partial charge in [0.2, 0.25) is 5.88 Å². The lowest BCUT2D eigenvalue weighted by Gasteiger charge is -2.29. The molecule has 0 radical (unpaired) electrons. The summed E-state index contributed by atoms with van der Waals surface area (Å²) in [6, 6.07) is 4.97. The molecule has 3 heterocycles. The van der Waals surface area contributed by atoms with Gasteiger partial charge in [0.1, 0.15) is 0 Å². The molecule has 11 heteroatoms. The number of aliphatic carboxylic acids is 1. The minimum Gasteiger partial charge on any atom is -0.481 e. The molecule has 0 unspecified atom stereocenters. The van der Waals surface area contributed by atoms with Crippen molar-refractivity contribution in [2.75, 3.05) is 25.6 Å². The lowest BCUT2D eigenvalue weighted by molar-refractivity contribution is -0.143. The average molecular weight is 483 g/mol. The first-order valence-electron chi connectivity index (χ1n) is 11.9. The standard InChI is InChI=1S/C24H30N6O5/c1-3-11-35-12-10-30-19-13-18(15-8-9-20(34-2)25-14-15)28-29-21(19)22(27-24(30)33)26-17-7-5-4-6-16(17)23(31)32/h8-9,13-14,16-17H,3-7,10-12H2,1-2H3,(H,31,32)(H,26,27,33)/t16-,17+/m0/s1. The molecule has 2 atom stereocenters. The molecule has 35 heavy (non-hydrogen) atoms. The minimum atomic E-state index is -0.853. The number of rotatable bonds is 10. The van der Waals surface area contributed by atoms with E-state index in [1.54, 1.807) is 25.4 Å². The van der Waals surface area contributed by atoms with Crippen molar-refractivity contribution in [3.63, 3.8) is 0 Å². The van der Waals surface area contributed by atoms with Crippen LogP contribution in [0.1, 0.15) is 39.0 Å². The maximum absolute atomic E-state index is 13.1. The van der Waals surface area contributed by atoms with Gasteiger partial charge in [-0.05, 0) is 31.4 Å². The van der Waals surface area contributed by atoms with Gasteiger partial charge in [0, 0.05) is 30.5 Å². The van der Waals surface area contributed by atoms with Gasteiger partial charge in [-0.1, -0.05) is 19.8 Å². The Bertz CT molecular complexity index is 1230. The summed E-state index contributed by atoms with van der Waals surface area (Å²) in [6.07, 6.45) is 5.53. The molecule has 1 aliphatic rings. The highest BCUT2D eigenvalue weighted by Gasteiger charge is 2.31. The first kappa shape index (κ1) is 24.5. The number of pyridine rings is 1. The number of fused-ring (bicyclic) bond motifs is 1. The predicted octanol–water partition coefficient (Wildman–Crippen LogP) is 2.74. The molecule has 1 aliphatic carbocycles. The van der Waals surface area contributed by atoms with E-state index in [1.165, 1.54) is 4.57 Å². The zero-order valence-corrected chi connectivity index (χ0v) is 19.9. The molecule has 11 nitrogen and oxygen atoms in total. The molecule has 1 fully saturated rings. The number of aromatic nitrogens is 5. The van der Waals surface area contributed by atoms with Crippen molar-refractivity contribution in [3.8, 4) is 17.1 Å². The van der Waals surface area contributed by atoms with Crippen molar-refractivity contribution < 1.29 is 19.4 Å². The van der Waals surface area contributed by atoms with Crippen LogP contribution in [0.3, 0.4) is 0 Å². The number of hydrogen-bond donors (Lipinski definition) is 2. The zero-order valence-electron chi connectivity index (χ0n) is 19.9. The third-order valence-electron chi connectivity index (χ3n) is 6.18. The summed E-state index contributed by atoms with van der Waals surface area (Å²) in [4.78, 5) is 33.3. The highest BCUT2D eigenvalue weighted by atomic mass is 16.5. The van der Waals surface area contributed by atoms with Crippen molar-refractivity contribution in [2.24, 2.45) is 5.92 Å². The van der Waals surface area contributed by atoms with Crippen LogP contribution in [-0.4, -0.2) is 62.2 Å².